The first-order chi connectivity index (χ1) is 9.83. The minimum absolute atomic E-state index is 0.178. The summed E-state index contributed by atoms with van der Waals surface area (Å²) in [5.41, 5.74) is 0.636. The largest absolute Gasteiger partial charge is 0.292 e. The Kier molecular flexibility index (Phi) is 5.72. The summed E-state index contributed by atoms with van der Waals surface area (Å²) in [5.74, 6) is 0.178. The molecule has 0 atom stereocenters. The summed E-state index contributed by atoms with van der Waals surface area (Å²) >= 11 is 0. The maximum atomic E-state index is 12.3. The highest BCUT2D eigenvalue weighted by Gasteiger charge is 2.10. The highest BCUT2D eigenvalue weighted by Crippen LogP contribution is 2.18. The van der Waals surface area contributed by atoms with Crippen LogP contribution in [0.5, 0.6) is 0 Å². The summed E-state index contributed by atoms with van der Waals surface area (Å²) in [5, 5.41) is 2.07. The molecule has 0 radical (unpaired) electrons. The normalized spacial score (nSPS) is 10.8. The number of fused-ring (bicyclic) bond motifs is 1. The van der Waals surface area contributed by atoms with Gasteiger partial charge in [0.2, 0.25) is 0 Å². The second kappa shape index (κ2) is 7.78. The zero-order chi connectivity index (χ0) is 14.2. The molecule has 0 bridgehead atoms. The number of hydrogen-bond donors (Lipinski definition) is 0. The molecule has 2 aromatic rings. The molecular weight excluding hydrogens is 246 g/mol. The average Bonchev–Trinajstić information content (AvgIpc) is 2.50. The molecule has 2 heteroatoms. The molecule has 2 rings (SSSR count). The first kappa shape index (κ1) is 14.7. The Morgan fingerprint density at radius 3 is 2.60 bits per heavy atom. The Hall–Kier alpha value is -1.70. The molecule has 1 heterocycles. The molecule has 2 nitrogen and oxygen atoms in total. The van der Waals surface area contributed by atoms with Crippen LogP contribution in [0.25, 0.3) is 10.8 Å². The number of benzene rings is 1. The molecule has 0 N–H and O–H groups in total. The van der Waals surface area contributed by atoms with E-state index in [4.69, 9.17) is 0 Å². The minimum Gasteiger partial charge on any atom is -0.292 e. The summed E-state index contributed by atoms with van der Waals surface area (Å²) in [4.78, 5) is 16.6. The van der Waals surface area contributed by atoms with Crippen LogP contribution in [0.3, 0.4) is 0 Å². The van der Waals surface area contributed by atoms with Crippen LogP contribution < -0.4 is 0 Å². The van der Waals surface area contributed by atoms with Gasteiger partial charge in [-0.2, -0.15) is 0 Å². The molecular formula is C18H23NO. The number of nitrogens with zero attached hydrogens (tertiary/aromatic N) is 1. The molecule has 0 aliphatic carbocycles. The third-order valence-corrected chi connectivity index (χ3v) is 3.70. The second-order valence-electron chi connectivity index (χ2n) is 5.32. The van der Waals surface area contributed by atoms with Crippen molar-refractivity contribution in [2.75, 3.05) is 0 Å². The number of hydrogen-bond acceptors (Lipinski definition) is 2. The van der Waals surface area contributed by atoms with E-state index in [2.05, 4.69) is 11.9 Å². The van der Waals surface area contributed by atoms with E-state index in [1.54, 1.807) is 6.20 Å². The second-order valence-corrected chi connectivity index (χ2v) is 5.32. The number of carbonyl (C=O) groups excluding carboxylic acids is 1. The highest BCUT2D eigenvalue weighted by atomic mass is 16.1. The predicted molar refractivity (Wildman–Crippen MR) is 84.1 cm³/mol. The minimum atomic E-state index is 0.178. The quantitative estimate of drug-likeness (QED) is 0.489. The fourth-order valence-electron chi connectivity index (χ4n) is 2.53. The molecule has 1 aromatic heterocycles. The summed E-state index contributed by atoms with van der Waals surface area (Å²) in [6, 6.07) is 9.92. The topological polar surface area (TPSA) is 30.0 Å². The van der Waals surface area contributed by atoms with Gasteiger partial charge in [-0.3, -0.25) is 9.78 Å². The van der Waals surface area contributed by atoms with E-state index in [9.17, 15) is 4.79 Å². The third kappa shape index (κ3) is 3.89. The van der Waals surface area contributed by atoms with Gasteiger partial charge in [-0.15, -0.1) is 0 Å². The fraction of sp³-hybridized carbons (Fsp3) is 0.444. The summed E-state index contributed by atoms with van der Waals surface area (Å²) in [7, 11) is 0. The van der Waals surface area contributed by atoms with E-state index in [1.165, 1.54) is 25.7 Å². The van der Waals surface area contributed by atoms with E-state index in [0.29, 0.717) is 12.1 Å². The first-order valence-corrected chi connectivity index (χ1v) is 7.70. The molecule has 0 spiro atoms. The van der Waals surface area contributed by atoms with Crippen molar-refractivity contribution in [1.29, 1.82) is 0 Å². The molecule has 1 aromatic carbocycles. The fourth-order valence-corrected chi connectivity index (χ4v) is 2.53. The van der Waals surface area contributed by atoms with Crippen molar-refractivity contribution in [2.45, 2.75) is 51.9 Å². The van der Waals surface area contributed by atoms with E-state index in [1.807, 2.05) is 30.3 Å². The van der Waals surface area contributed by atoms with E-state index in [-0.39, 0.29) is 5.78 Å². The SMILES string of the molecule is CCCCCCCCC(=O)c1nccc2ccccc12. The van der Waals surface area contributed by atoms with Gasteiger partial charge >= 0.3 is 0 Å². The van der Waals surface area contributed by atoms with Gasteiger partial charge in [0.15, 0.2) is 5.78 Å². The third-order valence-electron chi connectivity index (χ3n) is 3.70. The van der Waals surface area contributed by atoms with E-state index < -0.39 is 0 Å². The van der Waals surface area contributed by atoms with Crippen LogP contribution in [-0.4, -0.2) is 10.8 Å². The molecule has 0 saturated heterocycles. The molecule has 20 heavy (non-hydrogen) atoms. The standard InChI is InChI=1S/C18H23NO/c1-2-3-4-5-6-7-12-17(20)18-16-11-9-8-10-15(16)13-14-19-18/h8-11,13-14H,2-7,12H2,1H3. The smallest absolute Gasteiger partial charge is 0.181 e. The van der Waals surface area contributed by atoms with Crippen LogP contribution in [-0.2, 0) is 0 Å². The van der Waals surface area contributed by atoms with Crippen LogP contribution in [0.15, 0.2) is 36.5 Å². The Morgan fingerprint density at radius 2 is 1.75 bits per heavy atom. The Bertz CT molecular complexity index is 557. The van der Waals surface area contributed by atoms with Gasteiger partial charge in [0, 0.05) is 18.0 Å². The number of aromatic nitrogens is 1. The number of unbranched alkanes of at least 4 members (excludes halogenated alkanes) is 5. The predicted octanol–water partition coefficient (Wildman–Crippen LogP) is 5.17. The average molecular weight is 269 g/mol. The van der Waals surface area contributed by atoms with Crippen molar-refractivity contribution in [3.05, 3.63) is 42.2 Å². The van der Waals surface area contributed by atoms with Gasteiger partial charge in [-0.1, -0.05) is 63.3 Å². The van der Waals surface area contributed by atoms with Gasteiger partial charge in [-0.25, -0.2) is 0 Å². The summed E-state index contributed by atoms with van der Waals surface area (Å²) in [6.07, 6.45) is 9.58. The molecule has 0 aliphatic heterocycles. The Balaban J connectivity index is 1.91. The zero-order valence-electron chi connectivity index (χ0n) is 12.3. The first-order valence-electron chi connectivity index (χ1n) is 7.70. The van der Waals surface area contributed by atoms with Crippen LogP contribution in [0.1, 0.15) is 62.4 Å². The van der Waals surface area contributed by atoms with Gasteiger partial charge in [-0.05, 0) is 17.9 Å². The molecule has 0 fully saturated rings. The maximum absolute atomic E-state index is 12.3. The number of carbonyl (C=O) groups is 1. The molecule has 0 amide bonds. The lowest BCUT2D eigenvalue weighted by Crippen LogP contribution is -2.03. The Morgan fingerprint density at radius 1 is 1.00 bits per heavy atom. The van der Waals surface area contributed by atoms with Gasteiger partial charge in [0.1, 0.15) is 5.69 Å². The van der Waals surface area contributed by atoms with Crippen LogP contribution in [0.4, 0.5) is 0 Å². The van der Waals surface area contributed by atoms with Gasteiger partial charge in [0.05, 0.1) is 0 Å². The molecule has 106 valence electrons. The van der Waals surface area contributed by atoms with Crippen molar-refractivity contribution in [1.82, 2.24) is 4.98 Å². The van der Waals surface area contributed by atoms with Crippen LogP contribution in [0, 0.1) is 0 Å². The number of pyridine rings is 1. The van der Waals surface area contributed by atoms with Crippen molar-refractivity contribution in [2.24, 2.45) is 0 Å². The van der Waals surface area contributed by atoms with Crippen LogP contribution >= 0.6 is 0 Å². The van der Waals surface area contributed by atoms with E-state index >= 15 is 0 Å². The zero-order valence-corrected chi connectivity index (χ0v) is 12.3. The number of Topliss-reactive ketones (excluding diaryl/α,β-unsaturated/α-hetero) is 1. The molecule has 0 unspecified atom stereocenters. The lowest BCUT2D eigenvalue weighted by Gasteiger charge is -2.05. The molecule has 0 saturated carbocycles. The Labute approximate surface area is 121 Å². The summed E-state index contributed by atoms with van der Waals surface area (Å²) < 4.78 is 0. The monoisotopic (exact) mass is 269 g/mol. The van der Waals surface area contributed by atoms with Crippen molar-refractivity contribution >= 4 is 16.6 Å². The van der Waals surface area contributed by atoms with Gasteiger partial charge in [0.25, 0.3) is 0 Å². The van der Waals surface area contributed by atoms with E-state index in [0.717, 1.165) is 23.6 Å². The van der Waals surface area contributed by atoms with Crippen LogP contribution in [0.2, 0.25) is 0 Å². The van der Waals surface area contributed by atoms with Gasteiger partial charge < -0.3 is 0 Å². The van der Waals surface area contributed by atoms with Crippen molar-refractivity contribution in [3.63, 3.8) is 0 Å². The lowest BCUT2D eigenvalue weighted by molar-refractivity contribution is 0.0976. The van der Waals surface area contributed by atoms with Crippen molar-refractivity contribution < 1.29 is 4.79 Å². The highest BCUT2D eigenvalue weighted by molar-refractivity contribution is 6.06. The molecule has 0 aliphatic rings. The summed E-state index contributed by atoms with van der Waals surface area (Å²) in [6.45, 7) is 2.22. The van der Waals surface area contributed by atoms with Crippen molar-refractivity contribution in [3.8, 4) is 0 Å². The number of rotatable bonds is 8. The number of ketones is 1. The lowest BCUT2D eigenvalue weighted by atomic mass is 10.0. The maximum Gasteiger partial charge on any atom is 0.181 e.